The number of aliphatic carboxylic acids is 1. The van der Waals surface area contributed by atoms with Crippen LogP contribution in [-0.2, 0) is 42.7 Å². The number of allylic oxidation sites excluding steroid dienone is 1. The summed E-state index contributed by atoms with van der Waals surface area (Å²) in [7, 11) is 0. The van der Waals surface area contributed by atoms with E-state index < -0.39 is 53.2 Å². The largest absolute Gasteiger partial charge is 0.481 e. The van der Waals surface area contributed by atoms with Gasteiger partial charge in [-0.15, -0.1) is 0 Å². The van der Waals surface area contributed by atoms with E-state index in [0.717, 1.165) is 37.8 Å². The molecule has 13 nitrogen and oxygen atoms in total. The van der Waals surface area contributed by atoms with E-state index in [1.807, 2.05) is 25.2 Å². The van der Waals surface area contributed by atoms with E-state index in [-0.39, 0.29) is 60.8 Å². The molecule has 9 rings (SSSR count). The first kappa shape index (κ1) is 43.5. The minimum atomic E-state index is -1.88. The van der Waals surface area contributed by atoms with Crippen molar-refractivity contribution in [2.75, 3.05) is 6.54 Å². The summed E-state index contributed by atoms with van der Waals surface area (Å²) in [6.45, 7) is 18.5. The van der Waals surface area contributed by atoms with Gasteiger partial charge in [0, 0.05) is 69.7 Å². The van der Waals surface area contributed by atoms with E-state index in [1.165, 1.54) is 0 Å². The zero-order valence-corrected chi connectivity index (χ0v) is 36.6. The highest BCUT2D eigenvalue weighted by Gasteiger charge is 2.64. The topological polar surface area (TPSA) is 164 Å². The molecule has 13 heteroatoms. The van der Waals surface area contributed by atoms with Crippen molar-refractivity contribution in [2.45, 2.75) is 209 Å². The highest BCUT2D eigenvalue weighted by molar-refractivity contribution is 5.66. The van der Waals surface area contributed by atoms with Crippen LogP contribution in [0.1, 0.15) is 125 Å². The summed E-state index contributed by atoms with van der Waals surface area (Å²) in [6, 6.07) is 0. The number of nitrogens with one attached hydrogen (secondary N) is 1. The van der Waals surface area contributed by atoms with E-state index in [4.69, 9.17) is 43.0 Å². The number of hydrogen-bond donors (Lipinski definition) is 4. The number of piperidine rings is 1. The fraction of sp³-hybridized carbons (Fsp3) is 0.851. The summed E-state index contributed by atoms with van der Waals surface area (Å²) >= 11 is 0. The minimum absolute atomic E-state index is 0.0112. The molecule has 0 aliphatic carbocycles. The predicted molar refractivity (Wildman–Crippen MR) is 219 cm³/mol. The summed E-state index contributed by atoms with van der Waals surface area (Å²) in [5.74, 6) is -4.29. The Balaban J connectivity index is 0.845. The Bertz CT molecular complexity index is 1690. The summed E-state index contributed by atoms with van der Waals surface area (Å²) in [5, 5.41) is 37.3. The van der Waals surface area contributed by atoms with Gasteiger partial charge in [-0.05, 0) is 61.3 Å². The molecule has 8 fully saturated rings. The number of carbonyl (C=O) groups is 1. The van der Waals surface area contributed by atoms with Crippen LogP contribution in [0.2, 0.25) is 0 Å². The van der Waals surface area contributed by atoms with Crippen molar-refractivity contribution in [2.24, 2.45) is 35.5 Å². The maximum atomic E-state index is 12.4. The van der Waals surface area contributed by atoms with Crippen LogP contribution in [0.3, 0.4) is 0 Å². The zero-order valence-electron chi connectivity index (χ0n) is 36.6. The van der Waals surface area contributed by atoms with Gasteiger partial charge in [0.25, 0.3) is 0 Å². The average Bonchev–Trinajstić information content (AvgIpc) is 3.87. The summed E-state index contributed by atoms with van der Waals surface area (Å²) in [6.07, 6.45) is 12.1. The summed E-state index contributed by atoms with van der Waals surface area (Å²) in [5.41, 5.74) is 0.391. The van der Waals surface area contributed by atoms with E-state index in [9.17, 15) is 15.0 Å². The molecule has 0 aromatic carbocycles. The first-order valence-electron chi connectivity index (χ1n) is 23.2. The van der Waals surface area contributed by atoms with Gasteiger partial charge >= 0.3 is 5.97 Å². The lowest BCUT2D eigenvalue weighted by Gasteiger charge is -2.53. The standard InChI is InChI=1S/C47H71NO12/c1-26-18-36-41-38(24-45(58-41)30(5)17-27(2)25-48-45)56-44(22-26,55-36)23-29(4)40-28(3)19-32(7)47(52,59-40)42(51)37-21-35-34(53-37)20-31(6)46(57-35)16-15-43(60-46)14-10-12-33(54-43)11-8-9-13-39(49)50/h8,10-12,26-28,30-38,40-42,48,51-52H,4,9,13-25H2,1-3,5-7H3,(H,49,50)/b11-8+. The number of carboxylic acid groups (broad SMARTS) is 1. The molecule has 0 radical (unpaired) electrons. The minimum Gasteiger partial charge on any atom is -0.481 e. The summed E-state index contributed by atoms with van der Waals surface area (Å²) in [4.78, 5) is 11.0. The smallest absolute Gasteiger partial charge is 0.303 e. The second-order valence-electron chi connectivity index (χ2n) is 20.9. The zero-order chi connectivity index (χ0) is 42.4. The molecule has 0 aromatic rings. The van der Waals surface area contributed by atoms with E-state index >= 15 is 0 Å². The van der Waals surface area contributed by atoms with Gasteiger partial charge in [0.15, 0.2) is 23.1 Å². The second-order valence-corrected chi connectivity index (χ2v) is 20.9. The number of rotatable bonds is 9. The van der Waals surface area contributed by atoms with Crippen molar-refractivity contribution in [3.63, 3.8) is 0 Å². The van der Waals surface area contributed by atoms with Crippen molar-refractivity contribution in [1.82, 2.24) is 5.32 Å². The number of aliphatic hydroxyl groups excluding tert-OH is 1. The van der Waals surface area contributed by atoms with Gasteiger partial charge in [-0.25, -0.2) is 0 Å². The lowest BCUT2D eigenvalue weighted by atomic mass is 9.76. The highest BCUT2D eigenvalue weighted by Crippen LogP contribution is 2.56. The van der Waals surface area contributed by atoms with Crippen LogP contribution in [0.5, 0.6) is 0 Å². The van der Waals surface area contributed by atoms with Gasteiger partial charge in [-0.3, -0.25) is 10.1 Å². The molecule has 3 spiro atoms. The Morgan fingerprint density at radius 2 is 1.67 bits per heavy atom. The highest BCUT2D eigenvalue weighted by atomic mass is 16.8. The third kappa shape index (κ3) is 7.81. The molecule has 9 aliphatic heterocycles. The normalized spacial score (nSPS) is 52.9. The molecule has 0 amide bonds. The number of fused-ring (bicyclic) bond motifs is 5. The number of hydrogen-bond acceptors (Lipinski definition) is 12. The van der Waals surface area contributed by atoms with Gasteiger partial charge < -0.3 is 53.2 Å². The van der Waals surface area contributed by atoms with E-state index in [0.29, 0.717) is 69.1 Å². The van der Waals surface area contributed by atoms with Crippen molar-refractivity contribution >= 4 is 5.97 Å². The fourth-order valence-corrected chi connectivity index (χ4v) is 12.9. The average molecular weight is 842 g/mol. The van der Waals surface area contributed by atoms with Crippen LogP contribution < -0.4 is 5.32 Å². The fourth-order valence-electron chi connectivity index (χ4n) is 12.9. The third-order valence-corrected chi connectivity index (χ3v) is 15.9. The van der Waals surface area contributed by atoms with Crippen LogP contribution in [0, 0.1) is 35.5 Å². The Hall–Kier alpha value is -1.75. The third-order valence-electron chi connectivity index (χ3n) is 15.9. The molecule has 336 valence electrons. The van der Waals surface area contributed by atoms with Gasteiger partial charge in [0.05, 0.1) is 42.7 Å². The second kappa shape index (κ2) is 16.0. The first-order valence-corrected chi connectivity index (χ1v) is 23.2. The van der Waals surface area contributed by atoms with Crippen LogP contribution in [0.15, 0.2) is 36.5 Å². The molecule has 0 saturated carbocycles. The van der Waals surface area contributed by atoms with Crippen molar-refractivity contribution in [3.05, 3.63) is 36.5 Å². The van der Waals surface area contributed by atoms with Gasteiger partial charge in [-0.1, -0.05) is 72.4 Å². The molecule has 8 saturated heterocycles. The van der Waals surface area contributed by atoms with E-state index in [1.54, 1.807) is 0 Å². The Morgan fingerprint density at radius 1 is 0.867 bits per heavy atom. The van der Waals surface area contributed by atoms with Crippen LogP contribution in [-0.4, -0.2) is 112 Å². The molecular weight excluding hydrogens is 771 g/mol. The van der Waals surface area contributed by atoms with Gasteiger partial charge in [-0.2, -0.15) is 0 Å². The summed E-state index contributed by atoms with van der Waals surface area (Å²) < 4.78 is 54.2. The Morgan fingerprint density at radius 3 is 2.45 bits per heavy atom. The predicted octanol–water partition coefficient (Wildman–Crippen LogP) is 6.26. The Kier molecular flexibility index (Phi) is 11.6. The van der Waals surface area contributed by atoms with Gasteiger partial charge in [0.2, 0.25) is 0 Å². The molecular formula is C47H71NO12. The molecule has 20 atom stereocenters. The molecule has 9 heterocycles. The lowest BCUT2D eigenvalue weighted by molar-refractivity contribution is -0.367. The SMILES string of the molecule is C=C(CC12CC(C)CC(O1)C1OC3(CC1O2)NCC(C)CC3C)C1OC(O)(C(O)C2CC3OC4(CCC5(CC=CC(/C=C/CCC(=O)O)O5)O4)C(C)CC3O2)C(C)CC1C. The maximum Gasteiger partial charge on any atom is 0.303 e. The van der Waals surface area contributed by atoms with Crippen molar-refractivity contribution < 1.29 is 58.0 Å². The van der Waals surface area contributed by atoms with Crippen molar-refractivity contribution in [1.29, 1.82) is 0 Å². The van der Waals surface area contributed by atoms with E-state index in [2.05, 4.69) is 52.6 Å². The molecule has 2 bridgehead atoms. The molecule has 20 unspecified atom stereocenters. The van der Waals surface area contributed by atoms with Crippen molar-refractivity contribution in [3.8, 4) is 0 Å². The number of carboxylic acids is 1. The number of aliphatic hydroxyl groups is 2. The maximum absolute atomic E-state index is 12.4. The number of ether oxygens (including phenoxy) is 8. The van der Waals surface area contributed by atoms with Gasteiger partial charge in [0.1, 0.15) is 17.9 Å². The molecule has 0 aromatic heterocycles. The lowest BCUT2D eigenvalue weighted by Crippen LogP contribution is -2.62. The molecule has 9 aliphatic rings. The van der Waals surface area contributed by atoms with Crippen LogP contribution >= 0.6 is 0 Å². The molecule has 60 heavy (non-hydrogen) atoms. The van der Waals surface area contributed by atoms with Crippen LogP contribution in [0.25, 0.3) is 0 Å². The Labute approximate surface area is 355 Å². The quantitative estimate of drug-likeness (QED) is 0.193. The monoisotopic (exact) mass is 841 g/mol. The van der Waals surface area contributed by atoms with Crippen LogP contribution in [0.4, 0.5) is 0 Å². The molecule has 4 N–H and O–H groups in total. The first-order chi connectivity index (χ1) is 28.4.